The summed E-state index contributed by atoms with van der Waals surface area (Å²) in [4.78, 5) is 23.6. The molecule has 2 aliphatic rings. The first kappa shape index (κ1) is 18.4. The van der Waals surface area contributed by atoms with Crippen molar-refractivity contribution in [2.75, 3.05) is 24.2 Å². The molecule has 25 heavy (non-hydrogen) atoms. The topological polar surface area (TPSA) is 105 Å². The van der Waals surface area contributed by atoms with Gasteiger partial charge in [0, 0.05) is 19.2 Å². The quantitative estimate of drug-likeness (QED) is 0.616. The summed E-state index contributed by atoms with van der Waals surface area (Å²) < 4.78 is 6.24. The average Bonchev–Trinajstić information content (AvgIpc) is 3.33. The van der Waals surface area contributed by atoms with Gasteiger partial charge in [0.1, 0.15) is 0 Å². The lowest BCUT2D eigenvalue weighted by Crippen LogP contribution is -2.44. The number of hydrogen-bond donors (Lipinski definition) is 3. The first-order chi connectivity index (χ1) is 12.2. The molecule has 3 rings (SSSR count). The number of carbonyl (C=O) groups excluding carboxylic acids is 2. The highest BCUT2D eigenvalue weighted by atomic mass is 32.2. The van der Waals surface area contributed by atoms with Crippen LogP contribution in [0, 0.1) is 0 Å². The van der Waals surface area contributed by atoms with E-state index in [0.717, 1.165) is 56.8 Å². The Morgan fingerprint density at radius 1 is 1.20 bits per heavy atom. The van der Waals surface area contributed by atoms with E-state index in [2.05, 4.69) is 26.1 Å². The molecule has 1 unspecified atom stereocenters. The highest BCUT2D eigenvalue weighted by molar-refractivity contribution is 8.01. The Kier molecular flexibility index (Phi) is 6.88. The molecule has 3 N–H and O–H groups in total. The van der Waals surface area contributed by atoms with Crippen LogP contribution in [0.15, 0.2) is 4.34 Å². The minimum absolute atomic E-state index is 0.137. The van der Waals surface area contributed by atoms with Gasteiger partial charge in [-0.1, -0.05) is 35.9 Å². The van der Waals surface area contributed by atoms with E-state index in [1.165, 1.54) is 23.1 Å². The van der Waals surface area contributed by atoms with Crippen LogP contribution in [0.4, 0.5) is 9.93 Å². The molecular formula is C15H23N5O3S2. The number of urea groups is 1. The van der Waals surface area contributed by atoms with Gasteiger partial charge < -0.3 is 15.4 Å². The zero-order valence-corrected chi connectivity index (χ0v) is 15.6. The number of rotatable bonds is 7. The molecule has 10 heteroatoms. The number of ether oxygens (including phenoxy) is 1. The van der Waals surface area contributed by atoms with Crippen molar-refractivity contribution in [3.05, 3.63) is 0 Å². The number of aromatic nitrogens is 2. The highest BCUT2D eigenvalue weighted by Crippen LogP contribution is 2.25. The monoisotopic (exact) mass is 385 g/mol. The zero-order valence-electron chi connectivity index (χ0n) is 14.0. The molecule has 1 aromatic heterocycles. The summed E-state index contributed by atoms with van der Waals surface area (Å²) in [6.45, 7) is 1.55. The summed E-state index contributed by atoms with van der Waals surface area (Å²) in [7, 11) is 0. The number of anilines is 1. The zero-order chi connectivity index (χ0) is 17.5. The van der Waals surface area contributed by atoms with Gasteiger partial charge in [-0.2, -0.15) is 0 Å². The molecule has 1 aromatic rings. The van der Waals surface area contributed by atoms with Crippen molar-refractivity contribution in [2.45, 2.75) is 55.0 Å². The maximum Gasteiger partial charge on any atom is 0.321 e. The number of nitrogens with one attached hydrogen (secondary N) is 3. The van der Waals surface area contributed by atoms with Crippen molar-refractivity contribution in [1.82, 2.24) is 20.8 Å². The minimum atomic E-state index is -0.409. The van der Waals surface area contributed by atoms with E-state index in [1.54, 1.807) is 0 Å². The van der Waals surface area contributed by atoms with Crippen molar-refractivity contribution < 1.29 is 14.3 Å². The van der Waals surface area contributed by atoms with Crippen LogP contribution in [0.2, 0.25) is 0 Å². The fourth-order valence-corrected chi connectivity index (χ4v) is 4.49. The lowest BCUT2D eigenvalue weighted by Gasteiger charge is -2.11. The summed E-state index contributed by atoms with van der Waals surface area (Å²) in [5.41, 5.74) is 0. The molecule has 1 aliphatic heterocycles. The van der Waals surface area contributed by atoms with E-state index in [0.29, 0.717) is 4.34 Å². The van der Waals surface area contributed by atoms with Crippen molar-refractivity contribution >= 4 is 40.2 Å². The first-order valence-corrected chi connectivity index (χ1v) is 10.4. The van der Waals surface area contributed by atoms with Gasteiger partial charge in [0.25, 0.3) is 0 Å². The number of amides is 3. The number of thioether (sulfide) groups is 1. The van der Waals surface area contributed by atoms with Gasteiger partial charge in [0.05, 0.1) is 11.9 Å². The predicted octanol–water partition coefficient (Wildman–Crippen LogP) is 1.99. The number of nitrogens with zero attached hydrogens (tertiary/aromatic N) is 2. The molecule has 138 valence electrons. The predicted molar refractivity (Wildman–Crippen MR) is 97.0 cm³/mol. The lowest BCUT2D eigenvalue weighted by atomic mass is 10.2. The summed E-state index contributed by atoms with van der Waals surface area (Å²) in [6, 6.07) is -0.213. The van der Waals surface area contributed by atoms with Crippen molar-refractivity contribution in [3.63, 3.8) is 0 Å². The summed E-state index contributed by atoms with van der Waals surface area (Å²) in [5, 5.41) is 17.2. The molecule has 1 atom stereocenters. The number of imide groups is 1. The first-order valence-electron chi connectivity index (χ1n) is 8.61. The molecule has 3 amide bonds. The Morgan fingerprint density at radius 3 is 2.80 bits per heavy atom. The van der Waals surface area contributed by atoms with Crippen molar-refractivity contribution in [3.8, 4) is 0 Å². The lowest BCUT2D eigenvalue weighted by molar-refractivity contribution is -0.117. The van der Waals surface area contributed by atoms with Crippen molar-refractivity contribution in [2.24, 2.45) is 0 Å². The third-order valence-corrected chi connectivity index (χ3v) is 6.20. The van der Waals surface area contributed by atoms with E-state index < -0.39 is 6.03 Å². The molecule has 1 saturated heterocycles. The molecule has 0 spiro atoms. The van der Waals surface area contributed by atoms with Crippen LogP contribution in [0.3, 0.4) is 0 Å². The molecule has 8 nitrogen and oxygen atoms in total. The van der Waals surface area contributed by atoms with Gasteiger partial charge in [-0.3, -0.25) is 10.1 Å². The second kappa shape index (κ2) is 9.35. The molecule has 2 heterocycles. The third-order valence-electron chi connectivity index (χ3n) is 4.18. The van der Waals surface area contributed by atoms with Crippen LogP contribution in [0.25, 0.3) is 0 Å². The van der Waals surface area contributed by atoms with Gasteiger partial charge in [0.15, 0.2) is 4.34 Å². The SMILES string of the molecule is O=C(CSc1nnc(NCC2CCCO2)s1)NC(=O)NC1CCCC1. The third kappa shape index (κ3) is 6.12. The molecule has 0 bridgehead atoms. The molecule has 0 aromatic carbocycles. The molecule has 1 aliphatic carbocycles. The second-order valence-corrected chi connectivity index (χ2v) is 8.38. The molecule has 0 radical (unpaired) electrons. The van der Waals surface area contributed by atoms with E-state index in [9.17, 15) is 9.59 Å². The van der Waals surface area contributed by atoms with Gasteiger partial charge >= 0.3 is 6.03 Å². The molecule has 2 fully saturated rings. The number of carbonyl (C=O) groups is 2. The van der Waals surface area contributed by atoms with Crippen LogP contribution < -0.4 is 16.0 Å². The van der Waals surface area contributed by atoms with E-state index in [4.69, 9.17) is 4.74 Å². The maximum atomic E-state index is 11.8. The standard InChI is InChI=1S/C15H23N5O3S2/c21-12(18-13(22)17-10-4-1-2-5-10)9-24-15-20-19-14(25-15)16-8-11-6-3-7-23-11/h10-11H,1-9H2,(H,16,19)(H2,17,18,21,22). The highest BCUT2D eigenvalue weighted by Gasteiger charge is 2.19. The molecular weight excluding hydrogens is 362 g/mol. The van der Waals surface area contributed by atoms with E-state index in [-0.39, 0.29) is 23.8 Å². The van der Waals surface area contributed by atoms with Gasteiger partial charge in [-0.25, -0.2) is 4.79 Å². The smallest absolute Gasteiger partial charge is 0.321 e. The Hall–Kier alpha value is -1.39. The van der Waals surface area contributed by atoms with E-state index in [1.807, 2.05) is 0 Å². The summed E-state index contributed by atoms with van der Waals surface area (Å²) >= 11 is 2.67. The normalized spacial score (nSPS) is 20.6. The number of hydrogen-bond acceptors (Lipinski definition) is 8. The fraction of sp³-hybridized carbons (Fsp3) is 0.733. The average molecular weight is 386 g/mol. The maximum absolute atomic E-state index is 11.8. The van der Waals surface area contributed by atoms with Crippen LogP contribution in [-0.2, 0) is 9.53 Å². The van der Waals surface area contributed by atoms with Crippen LogP contribution in [-0.4, -0.2) is 53.2 Å². The van der Waals surface area contributed by atoms with E-state index >= 15 is 0 Å². The van der Waals surface area contributed by atoms with Crippen LogP contribution >= 0.6 is 23.1 Å². The summed E-state index contributed by atoms with van der Waals surface area (Å²) in [5.74, 6) is -0.192. The Labute approximate surface area is 154 Å². The minimum Gasteiger partial charge on any atom is -0.376 e. The molecule has 1 saturated carbocycles. The summed E-state index contributed by atoms with van der Waals surface area (Å²) in [6.07, 6.45) is 6.66. The van der Waals surface area contributed by atoms with Crippen LogP contribution in [0.1, 0.15) is 38.5 Å². The van der Waals surface area contributed by atoms with Gasteiger partial charge in [0.2, 0.25) is 11.0 Å². The Morgan fingerprint density at radius 2 is 2.04 bits per heavy atom. The van der Waals surface area contributed by atoms with Crippen molar-refractivity contribution in [1.29, 1.82) is 0 Å². The largest absolute Gasteiger partial charge is 0.376 e. The Bertz CT molecular complexity index is 585. The van der Waals surface area contributed by atoms with Crippen LogP contribution in [0.5, 0.6) is 0 Å². The second-order valence-electron chi connectivity index (χ2n) is 6.18. The fourth-order valence-electron chi connectivity index (χ4n) is 2.93. The van der Waals surface area contributed by atoms with Gasteiger partial charge in [-0.05, 0) is 25.7 Å². The Balaban J connectivity index is 1.33. The van der Waals surface area contributed by atoms with Gasteiger partial charge in [-0.15, -0.1) is 10.2 Å².